The number of hydrogen-bond acceptors (Lipinski definition) is 5. The first-order valence-corrected chi connectivity index (χ1v) is 11.8. The minimum Gasteiger partial charge on any atom is -0.375 e. The Labute approximate surface area is 192 Å². The van der Waals surface area contributed by atoms with Gasteiger partial charge in [-0.3, -0.25) is 13.8 Å². The largest absolute Gasteiger partial charge is 0.375 e. The second-order valence-corrected chi connectivity index (χ2v) is 9.75. The highest BCUT2D eigenvalue weighted by atomic mass is 35.5. The highest BCUT2D eigenvalue weighted by Crippen LogP contribution is 2.35. The zero-order valence-electron chi connectivity index (χ0n) is 17.7. The number of anilines is 2. The maximum atomic E-state index is 13.6. The lowest BCUT2D eigenvalue weighted by Gasteiger charge is -2.25. The molecule has 0 saturated carbocycles. The van der Waals surface area contributed by atoms with Crippen LogP contribution in [0.4, 0.5) is 11.4 Å². The first kappa shape index (κ1) is 22.3. The fourth-order valence-electron chi connectivity index (χ4n) is 3.70. The van der Waals surface area contributed by atoms with Crippen molar-refractivity contribution in [3.8, 4) is 0 Å². The maximum absolute atomic E-state index is 13.6. The summed E-state index contributed by atoms with van der Waals surface area (Å²) in [4.78, 5) is 14.1. The van der Waals surface area contributed by atoms with E-state index in [1.165, 1.54) is 22.2 Å². The number of aromatic nitrogens is 2. The summed E-state index contributed by atoms with van der Waals surface area (Å²) < 4.78 is 34.9. The molecule has 8 nitrogen and oxygen atoms in total. The van der Waals surface area contributed by atoms with Crippen molar-refractivity contribution in [3.05, 3.63) is 70.9 Å². The van der Waals surface area contributed by atoms with Crippen molar-refractivity contribution < 1.29 is 17.9 Å². The number of hydrogen-bond donors (Lipinski definition) is 0. The number of ether oxygens (including phenoxy) is 1. The minimum atomic E-state index is -3.97. The zero-order valence-corrected chi connectivity index (χ0v) is 19.3. The number of carbonyl (C=O) groups is 1. The third-order valence-corrected chi connectivity index (χ3v) is 7.22. The Morgan fingerprint density at radius 1 is 1.19 bits per heavy atom. The summed E-state index contributed by atoms with van der Waals surface area (Å²) in [5.74, 6) is -0.166. The minimum absolute atomic E-state index is 0.0373. The molecular weight excluding hydrogens is 452 g/mol. The van der Waals surface area contributed by atoms with Gasteiger partial charge in [-0.15, -0.1) is 0 Å². The molecule has 0 aliphatic carbocycles. The van der Waals surface area contributed by atoms with E-state index in [0.717, 1.165) is 11.1 Å². The standard InChI is InChI=1S/C22H23ClN4O4S/c1-25-11-10-21(24-25)32(29,30)27(14-16-3-6-18(23)7-4-16)19-8-5-17-9-12-26(20(17)13-19)22(28)15-31-2/h3-8,10-11,13H,9,12,14-15H2,1-2H3. The Morgan fingerprint density at radius 2 is 1.94 bits per heavy atom. The number of sulfonamides is 1. The summed E-state index contributed by atoms with van der Waals surface area (Å²) >= 11 is 6.00. The molecule has 0 fully saturated rings. The molecule has 3 aromatic rings. The van der Waals surface area contributed by atoms with E-state index in [1.807, 2.05) is 6.07 Å². The van der Waals surface area contributed by atoms with Crippen LogP contribution in [0.5, 0.6) is 0 Å². The molecule has 2 heterocycles. The van der Waals surface area contributed by atoms with Crippen molar-refractivity contribution in [3.63, 3.8) is 0 Å². The van der Waals surface area contributed by atoms with Crippen LogP contribution in [-0.2, 0) is 39.6 Å². The molecule has 1 aromatic heterocycles. The average Bonchev–Trinajstić information content (AvgIpc) is 3.39. The van der Waals surface area contributed by atoms with Crippen LogP contribution >= 0.6 is 11.6 Å². The molecule has 4 rings (SSSR count). The molecule has 0 atom stereocenters. The van der Waals surface area contributed by atoms with Gasteiger partial charge in [0.2, 0.25) is 0 Å². The topological polar surface area (TPSA) is 84.7 Å². The second kappa shape index (κ2) is 8.93. The van der Waals surface area contributed by atoms with E-state index in [1.54, 1.807) is 54.5 Å². The lowest BCUT2D eigenvalue weighted by Crippen LogP contribution is -2.33. The van der Waals surface area contributed by atoms with Crippen molar-refractivity contribution in [1.82, 2.24) is 9.78 Å². The summed E-state index contributed by atoms with van der Waals surface area (Å²) in [5, 5.41) is 4.62. The van der Waals surface area contributed by atoms with E-state index >= 15 is 0 Å². The molecule has 0 radical (unpaired) electrons. The Balaban J connectivity index is 1.77. The molecule has 0 N–H and O–H groups in total. The first-order chi connectivity index (χ1) is 15.3. The average molecular weight is 475 g/mol. The molecule has 0 saturated heterocycles. The number of nitrogens with zero attached hydrogens (tertiary/aromatic N) is 4. The van der Waals surface area contributed by atoms with Crippen LogP contribution in [0.3, 0.4) is 0 Å². The van der Waals surface area contributed by atoms with Gasteiger partial charge in [-0.05, 0) is 47.9 Å². The lowest BCUT2D eigenvalue weighted by atomic mass is 10.1. The molecule has 0 spiro atoms. The van der Waals surface area contributed by atoms with E-state index in [4.69, 9.17) is 16.3 Å². The summed E-state index contributed by atoms with van der Waals surface area (Å²) in [6, 6.07) is 13.8. The molecule has 168 valence electrons. The van der Waals surface area contributed by atoms with E-state index in [9.17, 15) is 13.2 Å². The van der Waals surface area contributed by atoms with Gasteiger partial charge in [0.15, 0.2) is 5.03 Å². The van der Waals surface area contributed by atoms with Crippen LogP contribution < -0.4 is 9.21 Å². The van der Waals surface area contributed by atoms with Gasteiger partial charge in [0.05, 0.1) is 12.2 Å². The predicted molar refractivity (Wildman–Crippen MR) is 122 cm³/mol. The first-order valence-electron chi connectivity index (χ1n) is 9.98. The molecule has 0 bridgehead atoms. The van der Waals surface area contributed by atoms with Gasteiger partial charge < -0.3 is 9.64 Å². The van der Waals surface area contributed by atoms with Crippen LogP contribution in [0.15, 0.2) is 59.8 Å². The summed E-state index contributed by atoms with van der Waals surface area (Å²) in [6.45, 7) is 0.580. The third kappa shape index (κ3) is 4.36. The van der Waals surface area contributed by atoms with Gasteiger partial charge in [-0.2, -0.15) is 13.5 Å². The predicted octanol–water partition coefficient (Wildman–Crippen LogP) is 3.00. The number of aryl methyl sites for hydroxylation is 1. The molecule has 2 aromatic carbocycles. The Hall–Kier alpha value is -2.88. The Kier molecular flexibility index (Phi) is 6.23. The molecule has 1 amide bonds. The fourth-order valence-corrected chi connectivity index (χ4v) is 5.22. The van der Waals surface area contributed by atoms with Gasteiger partial charge in [-0.1, -0.05) is 29.8 Å². The van der Waals surface area contributed by atoms with E-state index in [0.29, 0.717) is 29.4 Å². The molecule has 1 aliphatic rings. The lowest BCUT2D eigenvalue weighted by molar-refractivity contribution is -0.122. The van der Waals surface area contributed by atoms with Crippen LogP contribution in [0.2, 0.25) is 5.02 Å². The van der Waals surface area contributed by atoms with Gasteiger partial charge >= 0.3 is 0 Å². The monoisotopic (exact) mass is 474 g/mol. The Morgan fingerprint density at radius 3 is 2.59 bits per heavy atom. The number of benzene rings is 2. The van der Waals surface area contributed by atoms with Crippen molar-refractivity contribution in [1.29, 1.82) is 0 Å². The van der Waals surface area contributed by atoms with Crippen LogP contribution in [-0.4, -0.2) is 44.4 Å². The zero-order chi connectivity index (χ0) is 22.9. The number of rotatable bonds is 7. The van der Waals surface area contributed by atoms with Crippen LogP contribution in [0.25, 0.3) is 0 Å². The number of amides is 1. The number of carbonyl (C=O) groups excluding carboxylic acids is 1. The number of halogens is 1. The van der Waals surface area contributed by atoms with E-state index in [-0.39, 0.29) is 24.1 Å². The highest BCUT2D eigenvalue weighted by molar-refractivity contribution is 7.92. The van der Waals surface area contributed by atoms with Gasteiger partial charge in [0.1, 0.15) is 6.61 Å². The number of methoxy groups -OCH3 is 1. The maximum Gasteiger partial charge on any atom is 0.283 e. The normalized spacial score (nSPS) is 13.3. The van der Waals surface area contributed by atoms with Crippen molar-refractivity contribution in [2.24, 2.45) is 7.05 Å². The molecular formula is C22H23ClN4O4S. The summed E-state index contributed by atoms with van der Waals surface area (Å²) in [7, 11) is -0.832. The smallest absolute Gasteiger partial charge is 0.283 e. The van der Waals surface area contributed by atoms with Gasteiger partial charge in [0, 0.05) is 37.6 Å². The highest BCUT2D eigenvalue weighted by Gasteiger charge is 2.30. The summed E-state index contributed by atoms with van der Waals surface area (Å²) in [5.41, 5.74) is 2.89. The molecule has 1 aliphatic heterocycles. The van der Waals surface area contributed by atoms with Crippen molar-refractivity contribution in [2.45, 2.75) is 18.0 Å². The molecule has 32 heavy (non-hydrogen) atoms. The fraction of sp³-hybridized carbons (Fsp3) is 0.273. The van der Waals surface area contributed by atoms with Gasteiger partial charge in [-0.25, -0.2) is 0 Å². The Bertz CT molecular complexity index is 1240. The van der Waals surface area contributed by atoms with Gasteiger partial charge in [0.25, 0.3) is 15.9 Å². The molecule has 0 unspecified atom stereocenters. The third-order valence-electron chi connectivity index (χ3n) is 5.30. The van der Waals surface area contributed by atoms with E-state index < -0.39 is 10.0 Å². The van der Waals surface area contributed by atoms with Crippen LogP contribution in [0, 0.1) is 0 Å². The SMILES string of the molecule is COCC(=O)N1CCc2ccc(N(Cc3ccc(Cl)cc3)S(=O)(=O)c3ccn(C)n3)cc21. The van der Waals surface area contributed by atoms with Crippen LogP contribution in [0.1, 0.15) is 11.1 Å². The van der Waals surface area contributed by atoms with E-state index in [2.05, 4.69) is 5.10 Å². The summed E-state index contributed by atoms with van der Waals surface area (Å²) in [6.07, 6.45) is 2.29. The molecule has 10 heteroatoms. The van der Waals surface area contributed by atoms with Crippen molar-refractivity contribution in [2.75, 3.05) is 29.5 Å². The number of fused-ring (bicyclic) bond motifs is 1. The quantitative estimate of drug-likeness (QED) is 0.525. The van der Waals surface area contributed by atoms with Crippen molar-refractivity contribution >= 4 is 38.9 Å². The second-order valence-electron chi connectivity index (χ2n) is 7.51.